The summed E-state index contributed by atoms with van der Waals surface area (Å²) in [6.45, 7) is 3.94. The van der Waals surface area contributed by atoms with Crippen molar-refractivity contribution >= 4 is 16.9 Å². The van der Waals surface area contributed by atoms with Gasteiger partial charge in [0.2, 0.25) is 5.95 Å². The van der Waals surface area contributed by atoms with Gasteiger partial charge in [0.1, 0.15) is 11.6 Å². The van der Waals surface area contributed by atoms with E-state index in [1.54, 1.807) is 0 Å². The smallest absolute Gasteiger partial charge is 0.224 e. The van der Waals surface area contributed by atoms with Gasteiger partial charge in [0, 0.05) is 29.4 Å². The number of nitrogens with zero attached hydrogens (tertiary/aromatic N) is 4. The Kier molecular flexibility index (Phi) is 4.54. The molecule has 148 valence electrons. The molecular formula is C23H25N5O. The van der Waals surface area contributed by atoms with Crippen molar-refractivity contribution in [2.24, 2.45) is 0 Å². The lowest BCUT2D eigenvalue weighted by atomic mass is 9.96. The quantitative estimate of drug-likeness (QED) is 0.505. The molecule has 3 heterocycles. The minimum absolute atomic E-state index is 0.478. The number of aryl methyl sites for hydroxylation is 2. The van der Waals surface area contributed by atoms with Crippen molar-refractivity contribution in [2.45, 2.75) is 52.0 Å². The zero-order chi connectivity index (χ0) is 19.8. The van der Waals surface area contributed by atoms with Crippen LogP contribution in [0, 0.1) is 13.8 Å². The SMILES string of the molecule is Cc1noc(C)c1-c1cccc2c1ccn2-c1ccnc(NC2CCCCC2)n1. The van der Waals surface area contributed by atoms with E-state index < -0.39 is 0 Å². The van der Waals surface area contributed by atoms with Crippen molar-refractivity contribution in [3.05, 3.63) is 54.2 Å². The van der Waals surface area contributed by atoms with Crippen molar-refractivity contribution in [1.82, 2.24) is 19.7 Å². The van der Waals surface area contributed by atoms with E-state index in [4.69, 9.17) is 9.51 Å². The van der Waals surface area contributed by atoms with Gasteiger partial charge in [-0.15, -0.1) is 0 Å². The fourth-order valence-electron chi connectivity index (χ4n) is 4.44. The molecule has 1 aliphatic carbocycles. The third kappa shape index (κ3) is 3.28. The Morgan fingerprint density at radius 3 is 2.72 bits per heavy atom. The molecule has 4 aromatic rings. The first-order valence-electron chi connectivity index (χ1n) is 10.3. The molecule has 0 aliphatic heterocycles. The largest absolute Gasteiger partial charge is 0.361 e. The fraction of sp³-hybridized carbons (Fsp3) is 0.348. The molecule has 0 atom stereocenters. The lowest BCUT2D eigenvalue weighted by molar-refractivity contribution is 0.393. The highest BCUT2D eigenvalue weighted by Crippen LogP contribution is 2.34. The van der Waals surface area contributed by atoms with Gasteiger partial charge < -0.3 is 14.4 Å². The van der Waals surface area contributed by atoms with Crippen LogP contribution in [0.3, 0.4) is 0 Å². The Bertz CT molecular complexity index is 1130. The average molecular weight is 387 g/mol. The number of fused-ring (bicyclic) bond motifs is 1. The molecule has 0 radical (unpaired) electrons. The summed E-state index contributed by atoms with van der Waals surface area (Å²) in [5, 5.41) is 8.80. The number of hydrogen-bond donors (Lipinski definition) is 1. The van der Waals surface area contributed by atoms with Crippen molar-refractivity contribution in [3.63, 3.8) is 0 Å². The van der Waals surface area contributed by atoms with Gasteiger partial charge in [0.05, 0.1) is 11.2 Å². The average Bonchev–Trinajstić information content (AvgIpc) is 3.32. The van der Waals surface area contributed by atoms with Gasteiger partial charge in [-0.3, -0.25) is 0 Å². The minimum atomic E-state index is 0.478. The van der Waals surface area contributed by atoms with E-state index in [1.165, 1.54) is 32.1 Å². The molecule has 0 unspecified atom stereocenters. The van der Waals surface area contributed by atoms with E-state index >= 15 is 0 Å². The summed E-state index contributed by atoms with van der Waals surface area (Å²) in [4.78, 5) is 9.25. The van der Waals surface area contributed by atoms with Gasteiger partial charge in [-0.25, -0.2) is 4.98 Å². The molecule has 1 fully saturated rings. The van der Waals surface area contributed by atoms with Gasteiger partial charge in [-0.1, -0.05) is 36.6 Å². The van der Waals surface area contributed by atoms with Crippen molar-refractivity contribution in [3.8, 4) is 16.9 Å². The maximum absolute atomic E-state index is 5.39. The van der Waals surface area contributed by atoms with Gasteiger partial charge in [0.25, 0.3) is 0 Å². The highest BCUT2D eigenvalue weighted by molar-refractivity contribution is 5.97. The highest BCUT2D eigenvalue weighted by Gasteiger charge is 2.17. The Morgan fingerprint density at radius 2 is 1.93 bits per heavy atom. The van der Waals surface area contributed by atoms with E-state index in [0.717, 1.165) is 39.3 Å². The van der Waals surface area contributed by atoms with Gasteiger partial charge in [-0.2, -0.15) is 4.98 Å². The van der Waals surface area contributed by atoms with Crippen molar-refractivity contribution in [1.29, 1.82) is 0 Å². The van der Waals surface area contributed by atoms with Crippen LogP contribution in [0.5, 0.6) is 0 Å². The number of rotatable bonds is 4. The zero-order valence-electron chi connectivity index (χ0n) is 16.9. The molecule has 1 N–H and O–H groups in total. The van der Waals surface area contributed by atoms with Crippen LogP contribution in [0.1, 0.15) is 43.6 Å². The second kappa shape index (κ2) is 7.35. The third-order valence-corrected chi connectivity index (χ3v) is 5.86. The van der Waals surface area contributed by atoms with Crippen LogP contribution < -0.4 is 5.32 Å². The molecule has 1 aromatic carbocycles. The van der Waals surface area contributed by atoms with Gasteiger partial charge in [0.15, 0.2) is 0 Å². The molecule has 1 saturated carbocycles. The second-order valence-corrected chi connectivity index (χ2v) is 7.84. The predicted molar refractivity (Wildman–Crippen MR) is 114 cm³/mol. The van der Waals surface area contributed by atoms with E-state index in [0.29, 0.717) is 12.0 Å². The number of hydrogen-bond acceptors (Lipinski definition) is 5. The first kappa shape index (κ1) is 17.9. The molecule has 1 aliphatic rings. The summed E-state index contributed by atoms with van der Waals surface area (Å²) >= 11 is 0. The van der Waals surface area contributed by atoms with Crippen LogP contribution in [-0.4, -0.2) is 25.7 Å². The van der Waals surface area contributed by atoms with Crippen LogP contribution in [0.25, 0.3) is 27.8 Å². The molecule has 0 bridgehead atoms. The molecule has 29 heavy (non-hydrogen) atoms. The molecule has 0 saturated heterocycles. The van der Waals surface area contributed by atoms with Crippen LogP contribution >= 0.6 is 0 Å². The number of benzene rings is 1. The second-order valence-electron chi connectivity index (χ2n) is 7.84. The summed E-state index contributed by atoms with van der Waals surface area (Å²) in [5.41, 5.74) is 4.20. The lowest BCUT2D eigenvalue weighted by Gasteiger charge is -2.22. The summed E-state index contributed by atoms with van der Waals surface area (Å²) in [7, 11) is 0. The Hall–Kier alpha value is -3.15. The zero-order valence-corrected chi connectivity index (χ0v) is 16.9. The molecule has 5 rings (SSSR count). The minimum Gasteiger partial charge on any atom is -0.361 e. The van der Waals surface area contributed by atoms with E-state index in [2.05, 4.69) is 50.5 Å². The summed E-state index contributed by atoms with van der Waals surface area (Å²) in [6.07, 6.45) is 10.2. The lowest BCUT2D eigenvalue weighted by Crippen LogP contribution is -2.23. The van der Waals surface area contributed by atoms with Crippen molar-refractivity contribution in [2.75, 3.05) is 5.32 Å². The van der Waals surface area contributed by atoms with Crippen LogP contribution in [0.4, 0.5) is 5.95 Å². The molecule has 6 nitrogen and oxygen atoms in total. The van der Waals surface area contributed by atoms with E-state index in [-0.39, 0.29) is 0 Å². The molecule has 0 amide bonds. The Morgan fingerprint density at radius 1 is 1.07 bits per heavy atom. The van der Waals surface area contributed by atoms with E-state index in [1.807, 2.05) is 26.1 Å². The fourth-order valence-corrected chi connectivity index (χ4v) is 4.44. The predicted octanol–water partition coefficient (Wildman–Crippen LogP) is 5.44. The van der Waals surface area contributed by atoms with Crippen LogP contribution in [-0.2, 0) is 0 Å². The topological polar surface area (TPSA) is 68.8 Å². The van der Waals surface area contributed by atoms with Crippen LogP contribution in [0.2, 0.25) is 0 Å². The first-order chi connectivity index (χ1) is 14.2. The standard InChI is InChI=1S/C23H25N5O/c1-15-22(16(2)29-27-15)19-9-6-10-20-18(19)12-14-28(20)21-11-13-24-23(26-21)25-17-7-4-3-5-8-17/h6,9-14,17H,3-5,7-8H2,1-2H3,(H,24,25,26). The van der Waals surface area contributed by atoms with Gasteiger partial charge >= 0.3 is 0 Å². The Balaban J connectivity index is 1.53. The van der Waals surface area contributed by atoms with Gasteiger partial charge in [-0.05, 0) is 50.5 Å². The normalized spacial score (nSPS) is 15.1. The summed E-state index contributed by atoms with van der Waals surface area (Å²) < 4.78 is 7.51. The maximum Gasteiger partial charge on any atom is 0.224 e. The van der Waals surface area contributed by atoms with Crippen LogP contribution in [0.15, 0.2) is 47.2 Å². The number of anilines is 1. The first-order valence-corrected chi connectivity index (χ1v) is 10.3. The van der Waals surface area contributed by atoms with Crippen molar-refractivity contribution < 1.29 is 4.52 Å². The number of nitrogens with one attached hydrogen (secondary N) is 1. The maximum atomic E-state index is 5.39. The third-order valence-electron chi connectivity index (χ3n) is 5.86. The monoisotopic (exact) mass is 387 g/mol. The highest BCUT2D eigenvalue weighted by atomic mass is 16.5. The molecule has 3 aromatic heterocycles. The summed E-state index contributed by atoms with van der Waals surface area (Å²) in [6, 6.07) is 10.9. The summed E-state index contributed by atoms with van der Waals surface area (Å²) in [5.74, 6) is 2.41. The molecular weight excluding hydrogens is 362 g/mol. The molecule has 0 spiro atoms. The Labute approximate surface area is 170 Å². The number of aromatic nitrogens is 4. The van der Waals surface area contributed by atoms with E-state index in [9.17, 15) is 0 Å². The molecule has 6 heteroatoms.